The summed E-state index contributed by atoms with van der Waals surface area (Å²) in [7, 11) is 1.71. The molecule has 1 saturated heterocycles. The molecule has 1 aliphatic heterocycles. The number of aromatic nitrogens is 2. The van der Waals surface area contributed by atoms with Crippen molar-refractivity contribution in [2.45, 2.75) is 51.1 Å². The first-order valence-electron chi connectivity index (χ1n) is 12.1. The van der Waals surface area contributed by atoms with E-state index < -0.39 is 23.8 Å². The normalized spacial score (nSPS) is 19.1. The van der Waals surface area contributed by atoms with Gasteiger partial charge in [0.2, 0.25) is 11.8 Å². The first-order valence-corrected chi connectivity index (χ1v) is 12.1. The summed E-state index contributed by atoms with van der Waals surface area (Å²) in [6.45, 7) is 3.09. The summed E-state index contributed by atoms with van der Waals surface area (Å²) in [5, 5.41) is 9.89. The number of piperazine rings is 1. The van der Waals surface area contributed by atoms with Crippen LogP contribution < -0.4 is 10.6 Å². The Balaban J connectivity index is 1.42. The molecule has 4 rings (SSSR count). The van der Waals surface area contributed by atoms with Crippen molar-refractivity contribution in [1.82, 2.24) is 30.0 Å². The highest BCUT2D eigenvalue weighted by molar-refractivity contribution is 5.96. The summed E-state index contributed by atoms with van der Waals surface area (Å²) in [6.07, 6.45) is 7.85. The highest BCUT2D eigenvalue weighted by Gasteiger charge is 2.36. The molecule has 2 aromatic rings. The molecule has 9 nitrogen and oxygen atoms in total. The Morgan fingerprint density at radius 1 is 1.09 bits per heavy atom. The van der Waals surface area contributed by atoms with Crippen LogP contribution in [0.1, 0.15) is 49.4 Å². The van der Waals surface area contributed by atoms with E-state index in [-0.39, 0.29) is 23.3 Å². The maximum absolute atomic E-state index is 14.5. The molecule has 3 amide bonds. The fourth-order valence-electron chi connectivity index (χ4n) is 4.86. The molecular weight excluding hydrogens is 439 g/mol. The molecule has 0 spiro atoms. The number of hydrogen-bond donors (Lipinski definition) is 2. The van der Waals surface area contributed by atoms with Gasteiger partial charge in [-0.2, -0.15) is 5.10 Å². The predicted molar refractivity (Wildman–Crippen MR) is 125 cm³/mol. The van der Waals surface area contributed by atoms with Crippen LogP contribution in [0.25, 0.3) is 5.52 Å². The second-order valence-electron chi connectivity index (χ2n) is 9.25. The number of nitrogens with zero attached hydrogens (tertiary/aromatic N) is 4. The summed E-state index contributed by atoms with van der Waals surface area (Å²) < 4.78 is 15.9. The molecule has 2 atom stereocenters. The number of fused-ring (bicyclic) bond motifs is 1. The van der Waals surface area contributed by atoms with Gasteiger partial charge in [-0.25, -0.2) is 8.91 Å². The number of likely N-dealkylation sites (N-methyl/N-ethyl adjacent to an activating group) is 1. The van der Waals surface area contributed by atoms with E-state index in [0.29, 0.717) is 31.7 Å². The molecule has 10 heteroatoms. The van der Waals surface area contributed by atoms with Crippen molar-refractivity contribution in [1.29, 1.82) is 0 Å². The number of hydrogen-bond acceptors (Lipinski definition) is 5. The molecule has 1 aliphatic carbocycles. The van der Waals surface area contributed by atoms with Crippen LogP contribution in [0, 0.1) is 11.7 Å². The molecule has 0 aromatic carbocycles. The van der Waals surface area contributed by atoms with E-state index in [4.69, 9.17) is 0 Å². The van der Waals surface area contributed by atoms with Crippen LogP contribution in [0.4, 0.5) is 4.39 Å². The Labute approximate surface area is 198 Å². The lowest BCUT2D eigenvalue weighted by molar-refractivity contribution is -0.140. The topological polar surface area (TPSA) is 99.0 Å². The fourth-order valence-corrected chi connectivity index (χ4v) is 4.86. The number of amides is 3. The number of halogens is 1. The van der Waals surface area contributed by atoms with E-state index >= 15 is 0 Å². The van der Waals surface area contributed by atoms with Crippen LogP contribution in [0.3, 0.4) is 0 Å². The zero-order valence-electron chi connectivity index (χ0n) is 19.8. The number of pyridine rings is 1. The SMILES string of the molecule is CNC(C)C(=O)NC(C(=O)N1CCN(C(=O)c2cc3ccnn3cc2F)CC1)C1CCCCC1. The number of carbonyl (C=O) groups is 3. The number of carbonyl (C=O) groups excluding carboxylic acids is 3. The van der Waals surface area contributed by atoms with Crippen molar-refractivity contribution in [3.05, 3.63) is 35.9 Å². The van der Waals surface area contributed by atoms with E-state index in [1.54, 1.807) is 36.0 Å². The van der Waals surface area contributed by atoms with Crippen LogP contribution in [0.2, 0.25) is 0 Å². The Hall–Kier alpha value is -3.01. The van der Waals surface area contributed by atoms with Gasteiger partial charge >= 0.3 is 0 Å². The van der Waals surface area contributed by atoms with Gasteiger partial charge in [-0.3, -0.25) is 14.4 Å². The molecule has 0 bridgehead atoms. The molecule has 2 aliphatic rings. The molecule has 2 aromatic heterocycles. The third-order valence-electron chi connectivity index (χ3n) is 7.11. The molecule has 2 fully saturated rings. The summed E-state index contributed by atoms with van der Waals surface area (Å²) in [4.78, 5) is 42.3. The standard InChI is InChI=1S/C24H33FN6O3/c1-16(26-2)22(32)28-21(17-6-4-3-5-7-17)24(34)30-12-10-29(11-13-30)23(33)19-14-18-8-9-27-31(18)15-20(19)25/h8-9,14-17,21,26H,3-7,10-13H2,1-2H3,(H,28,32). The minimum atomic E-state index is -0.626. The van der Waals surface area contributed by atoms with E-state index in [1.165, 1.54) is 16.8 Å². The summed E-state index contributed by atoms with van der Waals surface area (Å²) >= 11 is 0. The van der Waals surface area contributed by atoms with Crippen molar-refractivity contribution in [3.8, 4) is 0 Å². The van der Waals surface area contributed by atoms with Gasteiger partial charge in [0.05, 0.1) is 23.3 Å². The largest absolute Gasteiger partial charge is 0.343 e. The van der Waals surface area contributed by atoms with Gasteiger partial charge in [0.1, 0.15) is 6.04 Å². The van der Waals surface area contributed by atoms with Gasteiger partial charge in [-0.15, -0.1) is 0 Å². The van der Waals surface area contributed by atoms with Gasteiger partial charge in [0.25, 0.3) is 5.91 Å². The Morgan fingerprint density at radius 3 is 2.44 bits per heavy atom. The fraction of sp³-hybridized carbons (Fsp3) is 0.583. The van der Waals surface area contributed by atoms with Crippen molar-refractivity contribution in [2.75, 3.05) is 33.2 Å². The number of nitrogens with one attached hydrogen (secondary N) is 2. The molecule has 1 saturated carbocycles. The molecule has 3 heterocycles. The van der Waals surface area contributed by atoms with Crippen molar-refractivity contribution in [3.63, 3.8) is 0 Å². The van der Waals surface area contributed by atoms with Crippen molar-refractivity contribution < 1.29 is 18.8 Å². The smallest absolute Gasteiger partial charge is 0.257 e. The second-order valence-corrected chi connectivity index (χ2v) is 9.25. The highest BCUT2D eigenvalue weighted by Crippen LogP contribution is 2.28. The van der Waals surface area contributed by atoms with Crippen LogP contribution >= 0.6 is 0 Å². The molecule has 2 N–H and O–H groups in total. The van der Waals surface area contributed by atoms with E-state index in [0.717, 1.165) is 32.1 Å². The lowest BCUT2D eigenvalue weighted by atomic mass is 9.83. The van der Waals surface area contributed by atoms with Crippen LogP contribution in [-0.2, 0) is 9.59 Å². The van der Waals surface area contributed by atoms with Gasteiger partial charge in [-0.1, -0.05) is 19.3 Å². The molecule has 184 valence electrons. The minimum Gasteiger partial charge on any atom is -0.343 e. The van der Waals surface area contributed by atoms with E-state index in [1.807, 2.05) is 0 Å². The Bertz CT molecular complexity index is 1040. The average molecular weight is 473 g/mol. The quantitative estimate of drug-likeness (QED) is 0.663. The lowest BCUT2D eigenvalue weighted by Crippen LogP contribution is -2.59. The zero-order chi connectivity index (χ0) is 24.2. The van der Waals surface area contributed by atoms with Crippen LogP contribution in [0.5, 0.6) is 0 Å². The number of rotatable bonds is 6. The lowest BCUT2D eigenvalue weighted by Gasteiger charge is -2.39. The third-order valence-corrected chi connectivity index (χ3v) is 7.11. The van der Waals surface area contributed by atoms with Gasteiger partial charge in [-0.05, 0) is 44.9 Å². The summed E-state index contributed by atoms with van der Waals surface area (Å²) in [5.74, 6) is -1.19. The molecule has 34 heavy (non-hydrogen) atoms. The van der Waals surface area contributed by atoms with Crippen molar-refractivity contribution in [2.24, 2.45) is 5.92 Å². The molecule has 2 unspecified atom stereocenters. The first kappa shape index (κ1) is 24.1. The first-order chi connectivity index (χ1) is 16.4. The van der Waals surface area contributed by atoms with E-state index in [2.05, 4.69) is 15.7 Å². The van der Waals surface area contributed by atoms with Crippen LogP contribution in [-0.4, -0.2) is 82.4 Å². The Morgan fingerprint density at radius 2 is 1.76 bits per heavy atom. The van der Waals surface area contributed by atoms with Gasteiger partial charge in [0.15, 0.2) is 5.82 Å². The molecular formula is C24H33FN6O3. The van der Waals surface area contributed by atoms with Gasteiger partial charge < -0.3 is 20.4 Å². The van der Waals surface area contributed by atoms with Gasteiger partial charge in [0, 0.05) is 32.4 Å². The predicted octanol–water partition coefficient (Wildman–Crippen LogP) is 1.43. The third kappa shape index (κ3) is 5.06. The molecule has 0 radical (unpaired) electrons. The minimum absolute atomic E-state index is 0.00109. The monoisotopic (exact) mass is 472 g/mol. The average Bonchev–Trinajstić information content (AvgIpc) is 3.33. The summed E-state index contributed by atoms with van der Waals surface area (Å²) in [6, 6.07) is 2.25. The second kappa shape index (κ2) is 10.5. The Kier molecular flexibility index (Phi) is 7.45. The van der Waals surface area contributed by atoms with E-state index in [9.17, 15) is 18.8 Å². The highest BCUT2D eigenvalue weighted by atomic mass is 19.1. The summed E-state index contributed by atoms with van der Waals surface area (Å²) in [5.41, 5.74) is 0.640. The zero-order valence-corrected chi connectivity index (χ0v) is 19.8. The maximum atomic E-state index is 14.5. The van der Waals surface area contributed by atoms with Crippen LogP contribution in [0.15, 0.2) is 24.5 Å². The van der Waals surface area contributed by atoms with Crippen molar-refractivity contribution >= 4 is 23.2 Å². The maximum Gasteiger partial charge on any atom is 0.257 e.